The van der Waals surface area contributed by atoms with Gasteiger partial charge in [-0.2, -0.15) is 17.6 Å². The van der Waals surface area contributed by atoms with Crippen LogP contribution in [0.2, 0.25) is 0 Å². The van der Waals surface area contributed by atoms with E-state index in [0.29, 0.717) is 24.7 Å². The lowest BCUT2D eigenvalue weighted by atomic mass is 9.68. The largest absolute Gasteiger partial charge is 0.491 e. The summed E-state index contributed by atoms with van der Waals surface area (Å²) >= 11 is 0. The molecule has 6 heteroatoms. The maximum Gasteiger partial charge on any atom is 0.400 e. The Kier molecular flexibility index (Phi) is 7.92. The van der Waals surface area contributed by atoms with Gasteiger partial charge >= 0.3 is 6.11 Å². The molecule has 2 nitrogen and oxygen atoms in total. The van der Waals surface area contributed by atoms with Crippen molar-refractivity contribution in [3.63, 3.8) is 0 Å². The Balaban J connectivity index is 1.54. The van der Waals surface area contributed by atoms with Crippen LogP contribution in [0.1, 0.15) is 78.1 Å². The molecule has 30 heavy (non-hydrogen) atoms. The Morgan fingerprint density at radius 3 is 1.93 bits per heavy atom. The summed E-state index contributed by atoms with van der Waals surface area (Å²) in [4.78, 5) is 0. The van der Waals surface area contributed by atoms with E-state index in [1.807, 2.05) is 0 Å². The Bertz CT molecular complexity index is 678. The summed E-state index contributed by atoms with van der Waals surface area (Å²) in [5, 5.41) is 0. The van der Waals surface area contributed by atoms with Crippen molar-refractivity contribution in [2.45, 2.75) is 84.2 Å². The molecular weight excluding hydrogens is 396 g/mol. The zero-order valence-corrected chi connectivity index (χ0v) is 18.1. The molecular formula is C24H34F4O2. The maximum atomic E-state index is 14.7. The molecule has 2 fully saturated rings. The second kappa shape index (κ2) is 10.2. The maximum absolute atomic E-state index is 14.7. The molecule has 2 aliphatic rings. The van der Waals surface area contributed by atoms with Crippen molar-refractivity contribution in [3.8, 4) is 11.5 Å². The lowest BCUT2D eigenvalue weighted by molar-refractivity contribution is -0.225. The van der Waals surface area contributed by atoms with Gasteiger partial charge in [0.15, 0.2) is 11.5 Å². The van der Waals surface area contributed by atoms with Gasteiger partial charge in [-0.25, -0.2) is 0 Å². The molecule has 0 aliphatic heterocycles. The van der Waals surface area contributed by atoms with E-state index in [0.717, 1.165) is 30.9 Å². The first-order valence-electron chi connectivity index (χ1n) is 11.5. The molecule has 2 saturated carbocycles. The quantitative estimate of drug-likeness (QED) is 0.393. The number of hydrogen-bond acceptors (Lipinski definition) is 2. The fraction of sp³-hybridized carbons (Fsp3) is 0.750. The van der Waals surface area contributed by atoms with Crippen LogP contribution in [0.25, 0.3) is 0 Å². The van der Waals surface area contributed by atoms with Crippen LogP contribution in [0.5, 0.6) is 11.5 Å². The number of ether oxygens (including phenoxy) is 2. The van der Waals surface area contributed by atoms with Crippen LogP contribution in [0.3, 0.4) is 0 Å². The van der Waals surface area contributed by atoms with E-state index >= 15 is 0 Å². The van der Waals surface area contributed by atoms with Gasteiger partial charge in [0.05, 0.1) is 12.5 Å². The SMILES string of the molecule is CCCC1CCC(C2CCC(C(F)(F)Oc3ccc(OCC)c(F)c3F)CC2)CC1. The van der Waals surface area contributed by atoms with Gasteiger partial charge in [0.25, 0.3) is 0 Å². The van der Waals surface area contributed by atoms with Gasteiger partial charge in [0.1, 0.15) is 0 Å². The van der Waals surface area contributed by atoms with Crippen LogP contribution in [0.4, 0.5) is 17.6 Å². The Labute approximate surface area is 177 Å². The summed E-state index contributed by atoms with van der Waals surface area (Å²) in [6, 6.07) is 2.14. The predicted molar refractivity (Wildman–Crippen MR) is 109 cm³/mol. The first kappa shape index (κ1) is 23.2. The lowest BCUT2D eigenvalue weighted by Gasteiger charge is -2.39. The highest BCUT2D eigenvalue weighted by atomic mass is 19.3. The average molecular weight is 431 g/mol. The first-order chi connectivity index (χ1) is 14.4. The van der Waals surface area contributed by atoms with Crippen LogP contribution in [0.15, 0.2) is 12.1 Å². The monoisotopic (exact) mass is 430 g/mol. The predicted octanol–water partition coefficient (Wildman–Crippen LogP) is 7.75. The summed E-state index contributed by atoms with van der Waals surface area (Å²) in [6.07, 6.45) is 6.18. The van der Waals surface area contributed by atoms with E-state index < -0.39 is 29.4 Å². The third-order valence-electron chi connectivity index (χ3n) is 7.06. The van der Waals surface area contributed by atoms with Crippen molar-refractivity contribution in [3.05, 3.63) is 23.8 Å². The van der Waals surface area contributed by atoms with Crippen molar-refractivity contribution >= 4 is 0 Å². The molecule has 2 aliphatic carbocycles. The summed E-state index contributed by atoms with van der Waals surface area (Å²) in [5.74, 6) is -2.79. The fourth-order valence-corrected chi connectivity index (χ4v) is 5.37. The Morgan fingerprint density at radius 1 is 0.833 bits per heavy atom. The minimum absolute atomic E-state index is 0.149. The van der Waals surface area contributed by atoms with Crippen LogP contribution in [-0.4, -0.2) is 12.7 Å². The van der Waals surface area contributed by atoms with Gasteiger partial charge in [-0.05, 0) is 75.3 Å². The fourth-order valence-electron chi connectivity index (χ4n) is 5.37. The van der Waals surface area contributed by atoms with Gasteiger partial charge < -0.3 is 9.47 Å². The highest BCUT2D eigenvalue weighted by Gasteiger charge is 2.45. The van der Waals surface area contributed by atoms with E-state index in [-0.39, 0.29) is 12.4 Å². The second-order valence-electron chi connectivity index (χ2n) is 8.97. The Hall–Kier alpha value is -1.46. The standard InChI is InChI=1S/C24H34F4O2/c1-3-5-16-6-8-17(9-7-16)18-10-12-19(13-11-18)24(27,28)30-21-15-14-20(29-4-2)22(25)23(21)26/h14-19H,3-13H2,1-2H3. The molecule has 0 amide bonds. The summed E-state index contributed by atoms with van der Waals surface area (Å²) < 4.78 is 67.2. The molecule has 0 unspecified atom stereocenters. The number of alkyl halides is 2. The zero-order chi connectivity index (χ0) is 21.7. The van der Waals surface area contributed by atoms with Crippen LogP contribution in [-0.2, 0) is 0 Å². The van der Waals surface area contributed by atoms with Gasteiger partial charge in [-0.15, -0.1) is 0 Å². The molecule has 170 valence electrons. The number of halogens is 4. The highest BCUT2D eigenvalue weighted by Crippen LogP contribution is 2.46. The van der Waals surface area contributed by atoms with Crippen molar-refractivity contribution in [2.75, 3.05) is 6.61 Å². The van der Waals surface area contributed by atoms with Crippen LogP contribution >= 0.6 is 0 Å². The molecule has 0 bridgehead atoms. The van der Waals surface area contributed by atoms with E-state index in [9.17, 15) is 17.6 Å². The van der Waals surface area contributed by atoms with Gasteiger partial charge in [-0.3, -0.25) is 0 Å². The number of rotatable bonds is 8. The van der Waals surface area contributed by atoms with Crippen LogP contribution in [0, 0.1) is 35.3 Å². The Morgan fingerprint density at radius 2 is 1.37 bits per heavy atom. The normalized spacial score (nSPS) is 27.7. The molecule has 1 aromatic rings. The minimum atomic E-state index is -3.52. The summed E-state index contributed by atoms with van der Waals surface area (Å²) in [6.45, 7) is 4.00. The van der Waals surface area contributed by atoms with Crippen molar-refractivity contribution in [1.29, 1.82) is 0 Å². The van der Waals surface area contributed by atoms with Crippen molar-refractivity contribution in [2.24, 2.45) is 23.7 Å². The molecule has 3 rings (SSSR count). The summed E-state index contributed by atoms with van der Waals surface area (Å²) in [7, 11) is 0. The molecule has 0 N–H and O–H groups in total. The van der Waals surface area contributed by atoms with E-state index in [4.69, 9.17) is 9.47 Å². The van der Waals surface area contributed by atoms with E-state index in [2.05, 4.69) is 6.92 Å². The van der Waals surface area contributed by atoms with Gasteiger partial charge in [0.2, 0.25) is 11.6 Å². The van der Waals surface area contributed by atoms with Gasteiger partial charge in [0, 0.05) is 0 Å². The first-order valence-corrected chi connectivity index (χ1v) is 11.5. The average Bonchev–Trinajstić information content (AvgIpc) is 2.74. The second-order valence-corrected chi connectivity index (χ2v) is 8.97. The van der Waals surface area contributed by atoms with E-state index in [1.165, 1.54) is 38.5 Å². The van der Waals surface area contributed by atoms with Crippen LogP contribution < -0.4 is 9.47 Å². The summed E-state index contributed by atoms with van der Waals surface area (Å²) in [5.41, 5.74) is 0. The minimum Gasteiger partial charge on any atom is -0.491 e. The molecule has 0 spiro atoms. The molecule has 0 atom stereocenters. The topological polar surface area (TPSA) is 18.5 Å². The smallest absolute Gasteiger partial charge is 0.400 e. The third-order valence-corrected chi connectivity index (χ3v) is 7.06. The van der Waals surface area contributed by atoms with Crippen molar-refractivity contribution < 1.29 is 27.0 Å². The molecule has 0 aromatic heterocycles. The molecule has 0 radical (unpaired) electrons. The zero-order valence-electron chi connectivity index (χ0n) is 18.1. The lowest BCUT2D eigenvalue weighted by Crippen LogP contribution is -2.38. The molecule has 0 heterocycles. The third kappa shape index (κ3) is 5.42. The van der Waals surface area contributed by atoms with Gasteiger partial charge in [-0.1, -0.05) is 32.6 Å². The molecule has 1 aromatic carbocycles. The number of benzene rings is 1. The number of hydrogen-bond donors (Lipinski definition) is 0. The highest BCUT2D eigenvalue weighted by molar-refractivity contribution is 5.35. The molecule has 0 saturated heterocycles. The van der Waals surface area contributed by atoms with E-state index in [1.54, 1.807) is 6.92 Å². The van der Waals surface area contributed by atoms with Crippen molar-refractivity contribution in [1.82, 2.24) is 0 Å².